The van der Waals surface area contributed by atoms with Gasteiger partial charge in [-0.15, -0.1) is 0 Å². The second-order valence-electron chi connectivity index (χ2n) is 7.27. The van der Waals surface area contributed by atoms with E-state index in [0.29, 0.717) is 12.8 Å². The number of hydrogen-bond donors (Lipinski definition) is 0. The molecule has 0 unspecified atom stereocenters. The lowest BCUT2D eigenvalue weighted by molar-refractivity contribution is -0.133. The highest BCUT2D eigenvalue weighted by Crippen LogP contribution is 2.34. The highest BCUT2D eigenvalue weighted by molar-refractivity contribution is 9.10. The molecule has 2 heterocycles. The number of rotatable bonds is 5. The zero-order chi connectivity index (χ0) is 20.2. The Bertz CT molecular complexity index is 895. The zero-order valence-corrected chi connectivity index (χ0v) is 19.2. The minimum atomic E-state index is -0.0747. The maximum absolute atomic E-state index is 13.1. The van der Waals surface area contributed by atoms with Gasteiger partial charge in [-0.1, -0.05) is 56.1 Å². The van der Waals surface area contributed by atoms with E-state index in [2.05, 4.69) is 55.0 Å². The molecule has 1 atom stereocenters. The summed E-state index contributed by atoms with van der Waals surface area (Å²) in [4.78, 5) is 15.4. The van der Waals surface area contributed by atoms with Crippen LogP contribution in [-0.2, 0) is 9.53 Å². The summed E-state index contributed by atoms with van der Waals surface area (Å²) in [5.74, 6) is 0.0643. The molecular weight excluding hydrogens is 498 g/mol. The molecule has 2 aliphatic heterocycles. The number of benzene rings is 2. The van der Waals surface area contributed by atoms with Crippen LogP contribution >= 0.6 is 31.9 Å². The van der Waals surface area contributed by atoms with E-state index in [0.717, 1.165) is 58.6 Å². The largest absolute Gasteiger partial charge is 0.379 e. The fraction of sp³-hybridized carbons (Fsp3) is 0.364. The van der Waals surface area contributed by atoms with Crippen molar-refractivity contribution in [2.75, 3.05) is 32.8 Å². The van der Waals surface area contributed by atoms with E-state index >= 15 is 0 Å². The first-order chi connectivity index (χ1) is 14.1. The molecule has 0 aliphatic carbocycles. The van der Waals surface area contributed by atoms with Crippen molar-refractivity contribution >= 4 is 43.5 Å². The van der Waals surface area contributed by atoms with Crippen LogP contribution < -0.4 is 0 Å². The number of ether oxygens (including phenoxy) is 1. The van der Waals surface area contributed by atoms with Crippen LogP contribution in [0.4, 0.5) is 0 Å². The van der Waals surface area contributed by atoms with E-state index in [-0.39, 0.29) is 11.9 Å². The molecule has 0 aromatic heterocycles. The van der Waals surface area contributed by atoms with E-state index in [1.165, 1.54) is 0 Å². The van der Waals surface area contributed by atoms with E-state index in [4.69, 9.17) is 9.84 Å². The van der Waals surface area contributed by atoms with E-state index < -0.39 is 0 Å². The SMILES string of the molecule is O=C(CCN1CCOCC1)N1N=C(c2cccc(Br)c2)C[C@@H]1c1ccc(Br)cc1. The molecule has 1 amide bonds. The molecule has 2 aliphatic rings. The molecule has 1 fully saturated rings. The van der Waals surface area contributed by atoms with Crippen molar-refractivity contribution in [3.63, 3.8) is 0 Å². The topological polar surface area (TPSA) is 45.1 Å². The summed E-state index contributed by atoms with van der Waals surface area (Å²) < 4.78 is 7.43. The number of halogens is 2. The fourth-order valence-electron chi connectivity index (χ4n) is 3.72. The van der Waals surface area contributed by atoms with Gasteiger partial charge in [-0.25, -0.2) is 5.01 Å². The third-order valence-corrected chi connectivity index (χ3v) is 6.35. The molecule has 0 N–H and O–H groups in total. The van der Waals surface area contributed by atoms with Crippen molar-refractivity contribution in [2.24, 2.45) is 5.10 Å². The Hall–Kier alpha value is -1.54. The number of morpholine rings is 1. The Balaban J connectivity index is 1.54. The molecule has 29 heavy (non-hydrogen) atoms. The van der Waals surface area contributed by atoms with Crippen LogP contribution in [-0.4, -0.2) is 54.4 Å². The number of amides is 1. The average molecular weight is 521 g/mol. The van der Waals surface area contributed by atoms with Gasteiger partial charge in [0.15, 0.2) is 0 Å². The van der Waals surface area contributed by atoms with Crippen molar-refractivity contribution in [2.45, 2.75) is 18.9 Å². The van der Waals surface area contributed by atoms with Gasteiger partial charge in [0.25, 0.3) is 0 Å². The van der Waals surface area contributed by atoms with Gasteiger partial charge in [0, 0.05) is 41.4 Å². The Kier molecular flexibility index (Phi) is 6.80. The maximum atomic E-state index is 13.1. The van der Waals surface area contributed by atoms with Gasteiger partial charge in [-0.05, 0) is 35.4 Å². The summed E-state index contributed by atoms with van der Waals surface area (Å²) in [7, 11) is 0. The molecule has 7 heteroatoms. The minimum Gasteiger partial charge on any atom is -0.379 e. The monoisotopic (exact) mass is 519 g/mol. The Morgan fingerprint density at radius 1 is 1.07 bits per heavy atom. The zero-order valence-electron chi connectivity index (χ0n) is 16.1. The van der Waals surface area contributed by atoms with Crippen molar-refractivity contribution < 1.29 is 9.53 Å². The molecule has 0 spiro atoms. The average Bonchev–Trinajstić information content (AvgIpc) is 3.19. The Morgan fingerprint density at radius 2 is 1.83 bits per heavy atom. The fourth-order valence-corrected chi connectivity index (χ4v) is 4.38. The van der Waals surface area contributed by atoms with Crippen molar-refractivity contribution in [3.8, 4) is 0 Å². The second kappa shape index (κ2) is 9.51. The normalized spacial score (nSPS) is 20.0. The molecule has 2 aromatic carbocycles. The lowest BCUT2D eigenvalue weighted by Gasteiger charge is -2.27. The Morgan fingerprint density at radius 3 is 2.55 bits per heavy atom. The summed E-state index contributed by atoms with van der Waals surface area (Å²) >= 11 is 7.03. The third kappa shape index (κ3) is 5.15. The van der Waals surface area contributed by atoms with Crippen molar-refractivity contribution in [1.29, 1.82) is 0 Å². The first-order valence-corrected chi connectivity index (χ1v) is 11.4. The van der Waals surface area contributed by atoms with Gasteiger partial charge in [-0.2, -0.15) is 5.10 Å². The van der Waals surface area contributed by atoms with Crippen molar-refractivity contribution in [3.05, 3.63) is 68.6 Å². The number of carbonyl (C=O) groups excluding carboxylic acids is 1. The number of hydrazone groups is 1. The maximum Gasteiger partial charge on any atom is 0.244 e. The summed E-state index contributed by atoms with van der Waals surface area (Å²) in [5, 5.41) is 6.46. The second-order valence-corrected chi connectivity index (χ2v) is 9.10. The van der Waals surface area contributed by atoms with Crippen LogP contribution in [0.3, 0.4) is 0 Å². The van der Waals surface area contributed by atoms with Crippen molar-refractivity contribution in [1.82, 2.24) is 9.91 Å². The summed E-state index contributed by atoms with van der Waals surface area (Å²) in [6, 6.07) is 16.2. The highest BCUT2D eigenvalue weighted by atomic mass is 79.9. The predicted octanol–water partition coefficient (Wildman–Crippen LogP) is 4.61. The van der Waals surface area contributed by atoms with Crippen LogP contribution in [0.15, 0.2) is 62.6 Å². The summed E-state index contributed by atoms with van der Waals surface area (Å²) in [5.41, 5.74) is 3.09. The number of carbonyl (C=O) groups is 1. The third-order valence-electron chi connectivity index (χ3n) is 5.32. The molecule has 2 aromatic rings. The van der Waals surface area contributed by atoms with Crippen LogP contribution in [0.25, 0.3) is 0 Å². The molecule has 152 valence electrons. The summed E-state index contributed by atoms with van der Waals surface area (Å²) in [6.07, 6.45) is 1.17. The summed E-state index contributed by atoms with van der Waals surface area (Å²) in [6.45, 7) is 3.99. The quantitative estimate of drug-likeness (QED) is 0.578. The van der Waals surface area contributed by atoms with E-state index in [1.807, 2.05) is 30.3 Å². The molecule has 4 rings (SSSR count). The van der Waals surface area contributed by atoms with Crippen LogP contribution in [0.5, 0.6) is 0 Å². The molecule has 0 radical (unpaired) electrons. The van der Waals surface area contributed by atoms with E-state index in [9.17, 15) is 4.79 Å². The van der Waals surface area contributed by atoms with Crippen LogP contribution in [0.1, 0.15) is 30.0 Å². The molecule has 5 nitrogen and oxygen atoms in total. The van der Waals surface area contributed by atoms with Gasteiger partial charge in [0.05, 0.1) is 25.0 Å². The van der Waals surface area contributed by atoms with Gasteiger partial charge in [0.2, 0.25) is 5.91 Å². The lowest BCUT2D eigenvalue weighted by Crippen LogP contribution is -2.39. The smallest absolute Gasteiger partial charge is 0.244 e. The molecule has 0 bridgehead atoms. The van der Waals surface area contributed by atoms with Gasteiger partial charge in [-0.3, -0.25) is 9.69 Å². The number of nitrogens with zero attached hydrogens (tertiary/aromatic N) is 3. The number of hydrogen-bond acceptors (Lipinski definition) is 4. The first-order valence-electron chi connectivity index (χ1n) is 9.81. The molecule has 1 saturated heterocycles. The van der Waals surface area contributed by atoms with Gasteiger partial charge in [0.1, 0.15) is 0 Å². The van der Waals surface area contributed by atoms with Gasteiger partial charge >= 0.3 is 0 Å². The highest BCUT2D eigenvalue weighted by Gasteiger charge is 2.33. The molecular formula is C22H23Br2N3O2. The van der Waals surface area contributed by atoms with Gasteiger partial charge < -0.3 is 4.74 Å². The first kappa shape index (κ1) is 20.7. The standard InChI is InChI=1S/C22H23Br2N3O2/c23-18-6-4-16(5-7-18)21-15-20(17-2-1-3-19(24)14-17)25-27(21)22(28)8-9-26-10-12-29-13-11-26/h1-7,14,21H,8-13,15H2/t21-/m1/s1. The van der Waals surface area contributed by atoms with Crippen LogP contribution in [0, 0.1) is 0 Å². The minimum absolute atomic E-state index is 0.0643. The molecule has 0 saturated carbocycles. The van der Waals surface area contributed by atoms with E-state index in [1.54, 1.807) is 5.01 Å². The Labute approximate surface area is 188 Å². The lowest BCUT2D eigenvalue weighted by atomic mass is 9.98. The predicted molar refractivity (Wildman–Crippen MR) is 121 cm³/mol. The van der Waals surface area contributed by atoms with Crippen LogP contribution in [0.2, 0.25) is 0 Å².